The fourth-order valence-electron chi connectivity index (χ4n) is 2.12. The Bertz CT molecular complexity index is 738. The second-order valence-electron chi connectivity index (χ2n) is 4.47. The number of ether oxygens (including phenoxy) is 2. The highest BCUT2D eigenvalue weighted by Crippen LogP contribution is 2.30. The van der Waals surface area contributed by atoms with Crippen LogP contribution in [0.2, 0.25) is 0 Å². The maximum absolute atomic E-state index is 12.9. The van der Waals surface area contributed by atoms with Gasteiger partial charge in [-0.15, -0.1) is 0 Å². The van der Waals surface area contributed by atoms with E-state index >= 15 is 0 Å². The summed E-state index contributed by atoms with van der Waals surface area (Å²) >= 11 is 0. The van der Waals surface area contributed by atoms with Crippen LogP contribution in [0.5, 0.6) is 11.5 Å². The predicted molar refractivity (Wildman–Crippen MR) is 83.0 cm³/mol. The summed E-state index contributed by atoms with van der Waals surface area (Å²) in [5.74, 6) is 1.27. The van der Waals surface area contributed by atoms with Gasteiger partial charge in [-0.3, -0.25) is 0 Å². The lowest BCUT2D eigenvalue weighted by atomic mass is 10.3. The third-order valence-electron chi connectivity index (χ3n) is 3.06. The topological polar surface area (TPSA) is 70.4 Å². The van der Waals surface area contributed by atoms with Crippen LogP contribution in [0, 0.1) is 0 Å². The molecular weight excluding hydrogens is 304 g/mol. The van der Waals surface area contributed by atoms with Crippen molar-refractivity contribution in [1.82, 2.24) is 8.96 Å². The largest absolute Gasteiger partial charge is 0.494 e. The molecule has 0 aliphatic heterocycles. The minimum Gasteiger partial charge on any atom is -0.494 e. The highest BCUT2D eigenvalue weighted by molar-refractivity contribution is 7.90. The smallest absolute Gasteiger partial charge is 0.272 e. The molecule has 0 saturated carbocycles. The molecule has 0 N–H and O–H groups in total. The maximum atomic E-state index is 12.9. The lowest BCUT2D eigenvalue weighted by Crippen LogP contribution is -2.16. The molecule has 0 atom stereocenters. The average Bonchev–Trinajstić information content (AvgIpc) is 2.98. The van der Waals surface area contributed by atoms with Gasteiger partial charge in [0, 0.05) is 24.9 Å². The third kappa shape index (κ3) is 3.09. The molecule has 1 aromatic heterocycles. The summed E-state index contributed by atoms with van der Waals surface area (Å²) < 4.78 is 37.9. The van der Waals surface area contributed by atoms with Crippen LogP contribution in [0.15, 0.2) is 35.5 Å². The summed E-state index contributed by atoms with van der Waals surface area (Å²) in [4.78, 5) is 4.15. The van der Waals surface area contributed by atoms with E-state index in [1.54, 1.807) is 12.1 Å². The van der Waals surface area contributed by atoms with Crippen LogP contribution in [0.3, 0.4) is 0 Å². The van der Waals surface area contributed by atoms with Crippen LogP contribution in [-0.4, -0.2) is 30.6 Å². The van der Waals surface area contributed by atoms with Crippen LogP contribution < -0.4 is 9.47 Å². The summed E-state index contributed by atoms with van der Waals surface area (Å²) in [6.07, 6.45) is 3.43. The number of aromatic nitrogens is 2. The van der Waals surface area contributed by atoms with Crippen molar-refractivity contribution in [2.75, 3.05) is 13.2 Å². The van der Waals surface area contributed by atoms with Crippen LogP contribution >= 0.6 is 0 Å². The summed E-state index contributed by atoms with van der Waals surface area (Å²) in [7, 11) is -3.78. The molecule has 1 aromatic carbocycles. The first-order valence-electron chi connectivity index (χ1n) is 7.22. The monoisotopic (exact) mass is 324 g/mol. The summed E-state index contributed by atoms with van der Waals surface area (Å²) in [6, 6.07) is 4.80. The Hall–Kier alpha value is -2.02. The molecule has 0 amide bonds. The van der Waals surface area contributed by atoms with Crippen molar-refractivity contribution in [2.24, 2.45) is 0 Å². The molecule has 0 saturated heterocycles. The number of aryl methyl sites for hydroxylation is 1. The zero-order valence-electron chi connectivity index (χ0n) is 12.9. The number of benzene rings is 1. The first kappa shape index (κ1) is 16.4. The van der Waals surface area contributed by atoms with Crippen LogP contribution in [-0.2, 0) is 16.4 Å². The van der Waals surface area contributed by atoms with Gasteiger partial charge in [-0.25, -0.2) is 17.4 Å². The molecule has 120 valence electrons. The fraction of sp³-hybridized carbons (Fsp3) is 0.400. The van der Waals surface area contributed by atoms with Gasteiger partial charge in [-0.1, -0.05) is 6.92 Å². The molecule has 1 heterocycles. The minimum atomic E-state index is -3.78. The van der Waals surface area contributed by atoms with Gasteiger partial charge in [0.15, 0.2) is 0 Å². The van der Waals surface area contributed by atoms with E-state index in [1.165, 1.54) is 22.4 Å². The zero-order chi connectivity index (χ0) is 16.2. The Morgan fingerprint density at radius 2 is 1.86 bits per heavy atom. The SMILES string of the molecule is CCOc1ccc(OCC)c(S(=O)(=O)n2ccnc2CC)c1. The van der Waals surface area contributed by atoms with Gasteiger partial charge in [0.25, 0.3) is 10.0 Å². The van der Waals surface area contributed by atoms with Crippen molar-refractivity contribution in [3.05, 3.63) is 36.4 Å². The molecule has 2 rings (SSSR count). The van der Waals surface area contributed by atoms with Crippen LogP contribution in [0.25, 0.3) is 0 Å². The van der Waals surface area contributed by atoms with E-state index in [0.29, 0.717) is 37.0 Å². The van der Waals surface area contributed by atoms with Crippen molar-refractivity contribution in [1.29, 1.82) is 0 Å². The van der Waals surface area contributed by atoms with Gasteiger partial charge >= 0.3 is 0 Å². The number of imidazole rings is 1. The van der Waals surface area contributed by atoms with Gasteiger partial charge in [-0.2, -0.15) is 0 Å². The Morgan fingerprint density at radius 1 is 1.14 bits per heavy atom. The number of hydrogen-bond donors (Lipinski definition) is 0. The lowest BCUT2D eigenvalue weighted by Gasteiger charge is -2.14. The van der Waals surface area contributed by atoms with Crippen molar-refractivity contribution in [2.45, 2.75) is 32.1 Å². The van der Waals surface area contributed by atoms with E-state index in [0.717, 1.165) is 0 Å². The van der Waals surface area contributed by atoms with Gasteiger partial charge in [0.05, 0.1) is 13.2 Å². The summed E-state index contributed by atoms with van der Waals surface area (Å²) in [5, 5.41) is 0. The third-order valence-corrected chi connectivity index (χ3v) is 4.78. The standard InChI is InChI=1S/C15H20N2O4S/c1-4-15-16-9-10-17(15)22(18,19)14-11-12(20-5-2)7-8-13(14)21-6-3/h7-11H,4-6H2,1-3H3. The lowest BCUT2D eigenvalue weighted by molar-refractivity contribution is 0.322. The Labute approximate surface area is 130 Å². The molecule has 0 aliphatic rings. The van der Waals surface area contributed by atoms with E-state index < -0.39 is 10.0 Å². The molecule has 0 fully saturated rings. The van der Waals surface area contributed by atoms with Crippen molar-refractivity contribution in [3.8, 4) is 11.5 Å². The zero-order valence-corrected chi connectivity index (χ0v) is 13.8. The number of rotatable bonds is 7. The van der Waals surface area contributed by atoms with Crippen molar-refractivity contribution in [3.63, 3.8) is 0 Å². The molecule has 0 aliphatic carbocycles. The first-order chi connectivity index (χ1) is 10.5. The Kier molecular flexibility index (Phi) is 5.07. The van der Waals surface area contributed by atoms with E-state index in [1.807, 2.05) is 20.8 Å². The Balaban J connectivity index is 2.59. The minimum absolute atomic E-state index is 0.0769. The average molecular weight is 324 g/mol. The highest BCUT2D eigenvalue weighted by Gasteiger charge is 2.24. The first-order valence-corrected chi connectivity index (χ1v) is 8.66. The molecular formula is C15H20N2O4S. The molecule has 7 heteroatoms. The van der Waals surface area contributed by atoms with Crippen molar-refractivity contribution < 1.29 is 17.9 Å². The molecule has 0 spiro atoms. The molecule has 0 bridgehead atoms. The van der Waals surface area contributed by atoms with E-state index in [4.69, 9.17) is 9.47 Å². The van der Waals surface area contributed by atoms with Crippen LogP contribution in [0.4, 0.5) is 0 Å². The molecule has 2 aromatic rings. The molecule has 6 nitrogen and oxygen atoms in total. The van der Waals surface area contributed by atoms with E-state index in [2.05, 4.69) is 4.98 Å². The van der Waals surface area contributed by atoms with Gasteiger partial charge in [0.2, 0.25) is 0 Å². The highest BCUT2D eigenvalue weighted by atomic mass is 32.2. The second-order valence-corrected chi connectivity index (χ2v) is 6.26. The second kappa shape index (κ2) is 6.83. The summed E-state index contributed by atoms with van der Waals surface area (Å²) in [5.41, 5.74) is 0. The summed E-state index contributed by atoms with van der Waals surface area (Å²) in [6.45, 7) is 6.34. The fourth-order valence-corrected chi connectivity index (χ4v) is 3.64. The molecule has 0 unspecified atom stereocenters. The van der Waals surface area contributed by atoms with E-state index in [9.17, 15) is 8.42 Å². The van der Waals surface area contributed by atoms with Gasteiger partial charge in [-0.05, 0) is 26.0 Å². The number of hydrogen-bond acceptors (Lipinski definition) is 5. The quantitative estimate of drug-likeness (QED) is 0.782. The maximum Gasteiger partial charge on any atom is 0.272 e. The Morgan fingerprint density at radius 3 is 2.50 bits per heavy atom. The molecule has 22 heavy (non-hydrogen) atoms. The van der Waals surface area contributed by atoms with Crippen LogP contribution in [0.1, 0.15) is 26.6 Å². The molecule has 0 radical (unpaired) electrons. The van der Waals surface area contributed by atoms with Gasteiger partial charge in [0.1, 0.15) is 22.2 Å². The van der Waals surface area contributed by atoms with Gasteiger partial charge < -0.3 is 9.47 Å². The predicted octanol–water partition coefficient (Wildman–Crippen LogP) is 2.48. The normalized spacial score (nSPS) is 11.4. The van der Waals surface area contributed by atoms with E-state index in [-0.39, 0.29) is 4.90 Å². The van der Waals surface area contributed by atoms with Crippen molar-refractivity contribution >= 4 is 10.0 Å². The number of nitrogens with zero attached hydrogens (tertiary/aromatic N) is 2.